The maximum atomic E-state index is 13.7. The summed E-state index contributed by atoms with van der Waals surface area (Å²) < 4.78 is 13.7. The van der Waals surface area contributed by atoms with Crippen molar-refractivity contribution >= 4 is 17.6 Å². The molecule has 9 heteroatoms. The smallest absolute Gasteiger partial charge is 0.274 e. The van der Waals surface area contributed by atoms with Gasteiger partial charge in [0, 0.05) is 49.1 Å². The molecule has 0 bridgehead atoms. The normalized spacial score (nSPS) is 17.9. The van der Waals surface area contributed by atoms with Crippen LogP contribution in [0.4, 0.5) is 10.2 Å². The van der Waals surface area contributed by atoms with Crippen molar-refractivity contribution in [2.45, 2.75) is 38.6 Å². The highest BCUT2D eigenvalue weighted by atomic mass is 19.1. The zero-order valence-corrected chi connectivity index (χ0v) is 18.2. The van der Waals surface area contributed by atoms with E-state index in [1.807, 2.05) is 6.92 Å². The molecule has 0 spiro atoms. The van der Waals surface area contributed by atoms with Crippen LogP contribution in [0.3, 0.4) is 0 Å². The van der Waals surface area contributed by atoms with Gasteiger partial charge in [0.05, 0.1) is 12.7 Å². The van der Waals surface area contributed by atoms with Crippen LogP contribution in [0.25, 0.3) is 0 Å². The number of likely N-dealkylation sites (tertiary alicyclic amines) is 1. The van der Waals surface area contributed by atoms with Crippen LogP contribution in [-0.2, 0) is 17.8 Å². The van der Waals surface area contributed by atoms with Gasteiger partial charge >= 0.3 is 0 Å². The van der Waals surface area contributed by atoms with Gasteiger partial charge in [0.1, 0.15) is 23.2 Å². The summed E-state index contributed by atoms with van der Waals surface area (Å²) >= 11 is 0. The molecular formula is C24H23FN6O2. The summed E-state index contributed by atoms with van der Waals surface area (Å²) in [7, 11) is 0. The molecule has 2 aliphatic heterocycles. The van der Waals surface area contributed by atoms with Crippen LogP contribution >= 0.6 is 0 Å². The number of amides is 2. The van der Waals surface area contributed by atoms with Crippen molar-refractivity contribution in [1.29, 1.82) is 0 Å². The average molecular weight is 446 g/mol. The maximum absolute atomic E-state index is 13.7. The Kier molecular flexibility index (Phi) is 5.53. The first-order chi connectivity index (χ1) is 16.0. The molecule has 0 N–H and O–H groups in total. The highest BCUT2D eigenvalue weighted by Crippen LogP contribution is 2.33. The van der Waals surface area contributed by atoms with E-state index in [1.165, 1.54) is 30.7 Å². The van der Waals surface area contributed by atoms with Gasteiger partial charge in [0.25, 0.3) is 5.91 Å². The molecule has 1 fully saturated rings. The van der Waals surface area contributed by atoms with Gasteiger partial charge < -0.3 is 4.90 Å². The molecule has 0 saturated carbocycles. The minimum Gasteiger partial charge on any atom is -0.337 e. The second kappa shape index (κ2) is 8.65. The van der Waals surface area contributed by atoms with Crippen LogP contribution in [0.2, 0.25) is 0 Å². The van der Waals surface area contributed by atoms with Crippen molar-refractivity contribution in [3.8, 4) is 0 Å². The van der Waals surface area contributed by atoms with E-state index in [0.717, 1.165) is 17.7 Å². The Bertz CT molecular complexity index is 1220. The van der Waals surface area contributed by atoms with Crippen LogP contribution in [0.1, 0.15) is 51.9 Å². The van der Waals surface area contributed by atoms with E-state index >= 15 is 0 Å². The van der Waals surface area contributed by atoms with E-state index in [0.29, 0.717) is 48.8 Å². The van der Waals surface area contributed by atoms with E-state index < -0.39 is 0 Å². The molecule has 8 nitrogen and oxygen atoms in total. The summed E-state index contributed by atoms with van der Waals surface area (Å²) in [6.07, 6.45) is 6.18. The molecule has 168 valence electrons. The lowest BCUT2D eigenvalue weighted by Gasteiger charge is -2.30. The zero-order chi connectivity index (χ0) is 22.9. The second-order valence-corrected chi connectivity index (χ2v) is 8.41. The lowest BCUT2D eigenvalue weighted by atomic mass is 10.0. The van der Waals surface area contributed by atoms with Crippen LogP contribution in [0.15, 0.2) is 42.9 Å². The number of anilines is 1. The summed E-state index contributed by atoms with van der Waals surface area (Å²) in [5.74, 6) is 0.638. The zero-order valence-electron chi connectivity index (χ0n) is 18.2. The Labute approximate surface area is 190 Å². The van der Waals surface area contributed by atoms with Gasteiger partial charge in [-0.3, -0.25) is 19.5 Å². The Hall–Kier alpha value is -3.75. The highest BCUT2D eigenvalue weighted by molar-refractivity contribution is 5.95. The molecule has 2 aromatic heterocycles. The number of carbonyl (C=O) groups excluding carboxylic acids is 2. The van der Waals surface area contributed by atoms with Crippen molar-refractivity contribution in [2.75, 3.05) is 18.0 Å². The lowest BCUT2D eigenvalue weighted by molar-refractivity contribution is -0.119. The van der Waals surface area contributed by atoms with Crippen LogP contribution in [-0.4, -0.2) is 49.7 Å². The lowest BCUT2D eigenvalue weighted by Crippen LogP contribution is -2.36. The molecule has 2 amide bonds. The highest BCUT2D eigenvalue weighted by Gasteiger charge is 2.33. The van der Waals surface area contributed by atoms with Gasteiger partial charge in [-0.15, -0.1) is 0 Å². The monoisotopic (exact) mass is 446 g/mol. The number of hydrogen-bond acceptors (Lipinski definition) is 6. The number of aryl methyl sites for hydroxylation is 1. The Morgan fingerprint density at radius 3 is 2.88 bits per heavy atom. The predicted octanol–water partition coefficient (Wildman–Crippen LogP) is 2.82. The van der Waals surface area contributed by atoms with Crippen LogP contribution in [0.5, 0.6) is 0 Å². The van der Waals surface area contributed by atoms with Gasteiger partial charge in [-0.1, -0.05) is 12.1 Å². The van der Waals surface area contributed by atoms with E-state index in [1.54, 1.807) is 21.9 Å². The van der Waals surface area contributed by atoms with Gasteiger partial charge in [0.2, 0.25) is 5.91 Å². The number of aromatic nitrogens is 4. The van der Waals surface area contributed by atoms with E-state index in [4.69, 9.17) is 9.97 Å². The summed E-state index contributed by atoms with van der Waals surface area (Å²) in [6, 6.07) is 6.25. The third kappa shape index (κ3) is 4.18. The predicted molar refractivity (Wildman–Crippen MR) is 118 cm³/mol. The molecular weight excluding hydrogens is 423 g/mol. The van der Waals surface area contributed by atoms with Gasteiger partial charge in [0.15, 0.2) is 0 Å². The minimum atomic E-state index is -0.337. The van der Waals surface area contributed by atoms with E-state index in [-0.39, 0.29) is 30.1 Å². The van der Waals surface area contributed by atoms with Crippen molar-refractivity contribution < 1.29 is 14.0 Å². The number of fused-ring (bicyclic) bond motifs is 1. The van der Waals surface area contributed by atoms with Crippen LogP contribution in [0, 0.1) is 12.7 Å². The number of halogens is 1. The molecule has 0 radical (unpaired) electrons. The fraction of sp³-hybridized carbons (Fsp3) is 0.333. The molecule has 33 heavy (non-hydrogen) atoms. The van der Waals surface area contributed by atoms with Gasteiger partial charge in [-0.2, -0.15) is 0 Å². The first kappa shape index (κ1) is 21.1. The van der Waals surface area contributed by atoms with Crippen LogP contribution < -0.4 is 4.90 Å². The molecule has 1 atom stereocenters. The number of rotatable bonds is 4. The number of hydrogen-bond donors (Lipinski definition) is 0. The third-order valence-electron chi connectivity index (χ3n) is 6.21. The molecule has 5 rings (SSSR count). The summed E-state index contributed by atoms with van der Waals surface area (Å²) in [6.45, 7) is 3.23. The molecule has 2 aliphatic rings. The number of nitrogens with zero attached hydrogens (tertiary/aromatic N) is 6. The van der Waals surface area contributed by atoms with Crippen molar-refractivity contribution in [3.63, 3.8) is 0 Å². The summed E-state index contributed by atoms with van der Waals surface area (Å²) in [5.41, 5.74) is 2.80. The molecule has 1 saturated heterocycles. The SMILES string of the molecule is Cc1nc([C@H]2CCN(C(=O)c3cnccn3)C2)nc2c1CCC(=O)N2Cc1cccc(F)c1. The number of carbonyl (C=O) groups is 2. The second-order valence-electron chi connectivity index (χ2n) is 8.41. The first-order valence-electron chi connectivity index (χ1n) is 11.0. The average Bonchev–Trinajstić information content (AvgIpc) is 3.31. The molecule has 0 unspecified atom stereocenters. The number of benzene rings is 1. The molecule has 0 aliphatic carbocycles. The van der Waals surface area contributed by atoms with Crippen molar-refractivity contribution in [1.82, 2.24) is 24.8 Å². The maximum Gasteiger partial charge on any atom is 0.274 e. The van der Waals surface area contributed by atoms with Gasteiger partial charge in [-0.05, 0) is 37.5 Å². The quantitative estimate of drug-likeness (QED) is 0.612. The fourth-order valence-electron chi connectivity index (χ4n) is 4.49. The largest absolute Gasteiger partial charge is 0.337 e. The summed E-state index contributed by atoms with van der Waals surface area (Å²) in [4.78, 5) is 46.5. The van der Waals surface area contributed by atoms with Crippen molar-refractivity contribution in [3.05, 3.63) is 77.0 Å². The minimum absolute atomic E-state index is 0.0392. The Morgan fingerprint density at radius 1 is 1.21 bits per heavy atom. The Morgan fingerprint density at radius 2 is 2.09 bits per heavy atom. The van der Waals surface area contributed by atoms with Crippen molar-refractivity contribution in [2.24, 2.45) is 0 Å². The summed E-state index contributed by atoms with van der Waals surface area (Å²) in [5, 5.41) is 0. The Balaban J connectivity index is 1.41. The van der Waals surface area contributed by atoms with E-state index in [9.17, 15) is 14.0 Å². The molecule has 1 aromatic carbocycles. The first-order valence-corrected chi connectivity index (χ1v) is 11.0. The fourth-order valence-corrected chi connectivity index (χ4v) is 4.49. The molecule has 3 aromatic rings. The standard InChI is InChI=1S/C24H23FN6O2/c1-15-19-5-6-21(32)31(13-16-3-2-4-18(25)11-16)23(19)29-22(28-15)17-7-10-30(14-17)24(33)20-12-26-8-9-27-20/h2-4,8-9,11-12,17H,5-7,10,13-14H2,1H3/t17-/m0/s1. The topological polar surface area (TPSA) is 92.2 Å². The van der Waals surface area contributed by atoms with Gasteiger partial charge in [-0.25, -0.2) is 19.3 Å². The molecule has 4 heterocycles. The third-order valence-corrected chi connectivity index (χ3v) is 6.21. The van der Waals surface area contributed by atoms with E-state index in [2.05, 4.69) is 9.97 Å².